The van der Waals surface area contributed by atoms with Crippen LogP contribution in [0.1, 0.15) is 42.5 Å². The van der Waals surface area contributed by atoms with E-state index in [1.54, 1.807) is 14.1 Å². The summed E-state index contributed by atoms with van der Waals surface area (Å²) in [5.41, 5.74) is 3.34. The average molecular weight is 610 g/mol. The number of aromatic hydroxyl groups is 1. The summed E-state index contributed by atoms with van der Waals surface area (Å²) in [6.45, 7) is 4.51. The third-order valence-electron chi connectivity index (χ3n) is 9.57. The summed E-state index contributed by atoms with van der Waals surface area (Å²) in [5.74, 6) is -6.97. The van der Waals surface area contributed by atoms with Crippen molar-refractivity contribution in [1.29, 1.82) is 0 Å². The third kappa shape index (κ3) is 4.47. The van der Waals surface area contributed by atoms with Crippen LogP contribution >= 0.6 is 11.6 Å². The van der Waals surface area contributed by atoms with E-state index in [1.165, 1.54) is 11.0 Å². The van der Waals surface area contributed by atoms with Gasteiger partial charge in [-0.25, -0.2) is 0 Å². The van der Waals surface area contributed by atoms with Crippen molar-refractivity contribution in [3.05, 3.63) is 80.6 Å². The number of carbonyl (C=O) groups is 3. The number of phenols is 1. The van der Waals surface area contributed by atoms with Crippen LogP contribution < -0.4 is 5.73 Å². The monoisotopic (exact) mass is 609 g/mol. The lowest BCUT2D eigenvalue weighted by molar-refractivity contribution is -0.153. The molecule has 0 unspecified atom stereocenters. The molecule has 2 aromatic carbocycles. The average Bonchev–Trinajstić information content (AvgIpc) is 2.93. The van der Waals surface area contributed by atoms with Crippen molar-refractivity contribution in [2.45, 2.75) is 50.4 Å². The van der Waals surface area contributed by atoms with Crippen LogP contribution in [-0.4, -0.2) is 80.5 Å². The molecule has 3 aliphatic rings. The zero-order chi connectivity index (χ0) is 31.8. The van der Waals surface area contributed by atoms with Crippen LogP contribution in [0.2, 0.25) is 5.02 Å². The minimum atomic E-state index is -2.68. The number of hydrogen-bond donors (Lipinski definition) is 5. The Labute approximate surface area is 254 Å². The molecule has 3 aliphatic carbocycles. The van der Waals surface area contributed by atoms with Crippen molar-refractivity contribution >= 4 is 34.8 Å². The first-order chi connectivity index (χ1) is 20.0. The van der Waals surface area contributed by atoms with Crippen molar-refractivity contribution in [2.75, 3.05) is 21.1 Å². The van der Waals surface area contributed by atoms with E-state index in [-0.39, 0.29) is 35.3 Å². The number of hydrogen-bond acceptors (Lipinski definition) is 9. The number of nitrogens with two attached hydrogens (primary N) is 1. The van der Waals surface area contributed by atoms with Gasteiger partial charge >= 0.3 is 0 Å². The van der Waals surface area contributed by atoms with Gasteiger partial charge in [-0.3, -0.25) is 24.2 Å². The van der Waals surface area contributed by atoms with Gasteiger partial charge in [-0.1, -0.05) is 41.9 Å². The number of rotatable bonds is 6. The standard InChI is InChI=1S/C32H36ClN3O7/c1-31(2,17-9-7-6-8-10-17)36(5)14-16-13-20(37)22-18(24(16)33)11-15-12-19-25(35(3)4)27(39)23(30(34)42)29(41)32(19,43)28(40)21(15)26(22)38/h6-10,13,15,19,25,37-38,41,43H,11-12,14H2,1-5H3,(H2,34,42)/t15-,19-,25-,32-/m0/s1. The van der Waals surface area contributed by atoms with Gasteiger partial charge in [0.15, 0.2) is 11.4 Å². The molecule has 6 N–H and O–H groups in total. The summed E-state index contributed by atoms with van der Waals surface area (Å²) >= 11 is 6.95. The summed E-state index contributed by atoms with van der Waals surface area (Å²) in [4.78, 5) is 42.9. The Bertz CT molecular complexity index is 1610. The lowest BCUT2D eigenvalue weighted by Crippen LogP contribution is -2.65. The van der Waals surface area contributed by atoms with Crippen molar-refractivity contribution in [2.24, 2.45) is 17.6 Å². The molecule has 1 fully saturated rings. The highest BCUT2D eigenvalue weighted by Gasteiger charge is 2.64. The summed E-state index contributed by atoms with van der Waals surface area (Å²) in [7, 11) is 5.06. The fourth-order valence-corrected chi connectivity index (χ4v) is 7.27. The Morgan fingerprint density at radius 2 is 1.74 bits per heavy atom. The number of halogens is 1. The molecular weight excluding hydrogens is 574 g/mol. The van der Waals surface area contributed by atoms with E-state index in [2.05, 4.69) is 18.7 Å². The van der Waals surface area contributed by atoms with Gasteiger partial charge in [0.1, 0.15) is 22.8 Å². The number of aliphatic hydroxyl groups excluding tert-OH is 2. The van der Waals surface area contributed by atoms with Crippen molar-refractivity contribution in [1.82, 2.24) is 9.80 Å². The lowest BCUT2D eigenvalue weighted by atomic mass is 9.57. The van der Waals surface area contributed by atoms with Gasteiger partial charge in [-0.2, -0.15) is 0 Å². The number of amides is 1. The Hall–Kier alpha value is -3.70. The SMILES string of the molecule is CN(C)[C@@H]1C(=O)C(C(N)=O)=C(O)[C@@]2(O)C(=O)C3=C(O)c4c(O)cc(CN(C)C(C)(C)c5ccccc5)c(Cl)c4C[C@H]3C[C@@H]12. The molecule has 0 aromatic heterocycles. The predicted octanol–water partition coefficient (Wildman–Crippen LogP) is 2.98. The fourth-order valence-electron chi connectivity index (χ4n) is 6.98. The molecule has 43 heavy (non-hydrogen) atoms. The van der Waals surface area contributed by atoms with Gasteiger partial charge in [-0.05, 0) is 76.5 Å². The van der Waals surface area contributed by atoms with Crippen molar-refractivity contribution in [3.8, 4) is 5.75 Å². The summed E-state index contributed by atoms with van der Waals surface area (Å²) in [6.07, 6.45) is 0.120. The Balaban J connectivity index is 1.60. The molecule has 0 heterocycles. The zero-order valence-corrected chi connectivity index (χ0v) is 25.4. The second-order valence-electron chi connectivity index (χ2n) is 12.5. The molecule has 5 rings (SSSR count). The number of benzene rings is 2. The Morgan fingerprint density at radius 3 is 2.33 bits per heavy atom. The molecule has 0 radical (unpaired) electrons. The second-order valence-corrected chi connectivity index (χ2v) is 12.8. The number of fused-ring (bicyclic) bond motifs is 3. The molecule has 0 aliphatic heterocycles. The van der Waals surface area contributed by atoms with Crippen LogP contribution in [0.25, 0.3) is 5.76 Å². The Kier molecular flexibility index (Phi) is 7.50. The maximum atomic E-state index is 14.0. The number of primary amides is 1. The van der Waals surface area contributed by atoms with Crippen molar-refractivity contribution in [3.63, 3.8) is 0 Å². The molecule has 11 heteroatoms. The van der Waals surface area contributed by atoms with E-state index in [9.17, 15) is 34.8 Å². The van der Waals surface area contributed by atoms with E-state index < -0.39 is 58.0 Å². The maximum absolute atomic E-state index is 14.0. The fraction of sp³-hybridized carbons (Fsp3) is 0.406. The number of likely N-dealkylation sites (N-methyl/N-ethyl adjacent to an activating group) is 1. The van der Waals surface area contributed by atoms with E-state index >= 15 is 0 Å². The molecule has 1 saturated carbocycles. The zero-order valence-electron chi connectivity index (χ0n) is 24.7. The van der Waals surface area contributed by atoms with Crippen LogP contribution in [0.15, 0.2) is 53.3 Å². The number of Topliss-reactive ketones (excluding diaryl/α,β-unsaturated/α-hetero) is 2. The van der Waals surface area contributed by atoms with Gasteiger partial charge in [0.05, 0.1) is 11.6 Å². The highest BCUT2D eigenvalue weighted by atomic mass is 35.5. The lowest BCUT2D eigenvalue weighted by Gasteiger charge is -2.50. The molecule has 228 valence electrons. The first-order valence-electron chi connectivity index (χ1n) is 14.0. The Morgan fingerprint density at radius 1 is 1.12 bits per heavy atom. The van der Waals surface area contributed by atoms with Crippen LogP contribution in [0.4, 0.5) is 0 Å². The van der Waals surface area contributed by atoms with Gasteiger partial charge in [0, 0.05) is 28.6 Å². The van der Waals surface area contributed by atoms with Crippen LogP contribution in [0, 0.1) is 11.8 Å². The van der Waals surface area contributed by atoms with Crippen LogP contribution in [0.3, 0.4) is 0 Å². The van der Waals surface area contributed by atoms with Crippen molar-refractivity contribution < 1.29 is 34.8 Å². The molecule has 1 amide bonds. The first-order valence-corrected chi connectivity index (χ1v) is 14.4. The molecule has 0 spiro atoms. The molecule has 10 nitrogen and oxygen atoms in total. The molecule has 0 saturated heterocycles. The highest BCUT2D eigenvalue weighted by molar-refractivity contribution is 6.32. The summed E-state index contributed by atoms with van der Waals surface area (Å²) in [6, 6.07) is 10.2. The van der Waals surface area contributed by atoms with Gasteiger partial charge in [0.25, 0.3) is 5.91 Å². The molecule has 2 aromatic rings. The van der Waals surface area contributed by atoms with Gasteiger partial charge < -0.3 is 26.2 Å². The number of phenolic OH excluding ortho intramolecular Hbond substituents is 1. The smallest absolute Gasteiger partial charge is 0.255 e. The van der Waals surface area contributed by atoms with E-state index in [4.69, 9.17) is 17.3 Å². The number of aliphatic hydroxyl groups is 3. The third-order valence-corrected chi connectivity index (χ3v) is 10.0. The number of ketones is 2. The van der Waals surface area contributed by atoms with Crippen LogP contribution in [0.5, 0.6) is 5.75 Å². The van der Waals surface area contributed by atoms with Gasteiger partial charge in [-0.15, -0.1) is 0 Å². The topological polar surface area (TPSA) is 165 Å². The molecule has 4 atom stereocenters. The minimum absolute atomic E-state index is 0.00593. The normalized spacial score (nSPS) is 25.7. The van der Waals surface area contributed by atoms with E-state index in [0.717, 1.165) is 5.56 Å². The van der Waals surface area contributed by atoms with Gasteiger partial charge in [0.2, 0.25) is 5.78 Å². The second kappa shape index (κ2) is 10.5. The largest absolute Gasteiger partial charge is 0.508 e. The van der Waals surface area contributed by atoms with Crippen LogP contribution in [-0.2, 0) is 32.9 Å². The summed E-state index contributed by atoms with van der Waals surface area (Å²) in [5, 5.41) is 45.6. The number of carbonyl (C=O) groups excluding carboxylic acids is 3. The van der Waals surface area contributed by atoms with E-state index in [1.807, 2.05) is 37.4 Å². The molecular formula is C32H36ClN3O7. The maximum Gasteiger partial charge on any atom is 0.255 e. The first kappa shape index (κ1) is 30.7. The highest BCUT2D eigenvalue weighted by Crippen LogP contribution is 2.53. The molecule has 0 bridgehead atoms. The van der Waals surface area contributed by atoms with E-state index in [0.29, 0.717) is 22.7 Å². The number of nitrogens with zero attached hydrogens (tertiary/aromatic N) is 2. The minimum Gasteiger partial charge on any atom is -0.508 e. The summed E-state index contributed by atoms with van der Waals surface area (Å²) < 4.78 is 0. The quantitative estimate of drug-likeness (QED) is 0.310. The predicted molar refractivity (Wildman–Crippen MR) is 160 cm³/mol.